The van der Waals surface area contributed by atoms with Crippen molar-refractivity contribution in [3.8, 4) is 0 Å². The second-order valence-corrected chi connectivity index (χ2v) is 6.48. The van der Waals surface area contributed by atoms with E-state index >= 15 is 0 Å². The van der Waals surface area contributed by atoms with Crippen LogP contribution in [0.15, 0.2) is 35.3 Å². The lowest BCUT2D eigenvalue weighted by atomic mass is 10.2. The lowest BCUT2D eigenvalue weighted by Gasteiger charge is -2.19. The van der Waals surface area contributed by atoms with Gasteiger partial charge in [0.15, 0.2) is 0 Å². The molecule has 0 saturated heterocycles. The Balaban J connectivity index is 2.22. The minimum absolute atomic E-state index is 0.0705. The number of amides is 1. The molecule has 1 saturated carbocycles. The molecule has 1 fully saturated rings. The van der Waals surface area contributed by atoms with Gasteiger partial charge in [-0.05, 0) is 25.0 Å². The van der Waals surface area contributed by atoms with Gasteiger partial charge in [-0.3, -0.25) is 10.1 Å². The first-order valence-electron chi connectivity index (χ1n) is 6.90. The largest absolute Gasteiger partial charge is 0.315 e. The number of hydrogen-bond donors (Lipinski definition) is 3. The lowest BCUT2D eigenvalue weighted by molar-refractivity contribution is 0.0974. The van der Waals surface area contributed by atoms with Gasteiger partial charge in [-0.2, -0.15) is 12.8 Å². The van der Waals surface area contributed by atoms with Crippen molar-refractivity contribution in [1.82, 2.24) is 9.73 Å². The molecule has 2 rings (SSSR count). The highest BCUT2D eigenvalue weighted by atomic mass is 32.2. The van der Waals surface area contributed by atoms with Gasteiger partial charge in [-0.1, -0.05) is 31.0 Å². The van der Waals surface area contributed by atoms with Crippen molar-refractivity contribution >= 4 is 22.1 Å². The minimum Gasteiger partial charge on any atom is -0.290 e. The van der Waals surface area contributed by atoms with Crippen molar-refractivity contribution in [2.45, 2.75) is 31.7 Å². The molecule has 1 aromatic rings. The van der Waals surface area contributed by atoms with Gasteiger partial charge in [0, 0.05) is 5.56 Å². The predicted octanol–water partition coefficient (Wildman–Crippen LogP) is 0.0942. The van der Waals surface area contributed by atoms with E-state index in [9.17, 15) is 13.2 Å². The fourth-order valence-corrected chi connectivity index (χ4v) is 2.57. The van der Waals surface area contributed by atoms with E-state index < -0.39 is 16.1 Å². The van der Waals surface area contributed by atoms with Crippen LogP contribution in [-0.2, 0) is 10.2 Å². The summed E-state index contributed by atoms with van der Waals surface area (Å²) in [7, 11) is -4.21. The van der Waals surface area contributed by atoms with Crippen LogP contribution in [0.5, 0.6) is 0 Å². The quantitative estimate of drug-likeness (QED) is 0.314. The number of nitrogens with two attached hydrogens (primary N) is 2. The average Bonchev–Trinajstić information content (AvgIpc) is 2.98. The Labute approximate surface area is 129 Å². The summed E-state index contributed by atoms with van der Waals surface area (Å²) in [6, 6.07) is 8.29. The third-order valence-electron chi connectivity index (χ3n) is 3.37. The van der Waals surface area contributed by atoms with Crippen LogP contribution >= 0.6 is 0 Å². The highest BCUT2D eigenvalue weighted by molar-refractivity contribution is 7.87. The summed E-state index contributed by atoms with van der Waals surface area (Å²) in [5, 5.41) is 7.43. The summed E-state index contributed by atoms with van der Waals surface area (Å²) in [6.45, 7) is 0. The Morgan fingerprint density at radius 3 is 2.36 bits per heavy atom. The van der Waals surface area contributed by atoms with Gasteiger partial charge in [0.1, 0.15) is 0 Å². The van der Waals surface area contributed by atoms with E-state index in [1.165, 1.54) is 0 Å². The number of hydrazine groups is 1. The summed E-state index contributed by atoms with van der Waals surface area (Å²) >= 11 is 0. The summed E-state index contributed by atoms with van der Waals surface area (Å²) < 4.78 is 23.1. The van der Waals surface area contributed by atoms with Crippen molar-refractivity contribution in [3.63, 3.8) is 0 Å². The van der Waals surface area contributed by atoms with E-state index in [-0.39, 0.29) is 12.0 Å². The fourth-order valence-electron chi connectivity index (χ4n) is 2.23. The molecule has 1 aromatic carbocycles. The molecule has 5 N–H and O–H groups in total. The first kappa shape index (κ1) is 16.4. The van der Waals surface area contributed by atoms with E-state index in [1.54, 1.807) is 30.3 Å². The zero-order chi connectivity index (χ0) is 16.2. The SMILES string of the molecule is NN(C(=NC1CCCC1)NC(=O)c1ccccc1)S(N)(=O)=O. The van der Waals surface area contributed by atoms with Crippen molar-refractivity contribution in [3.05, 3.63) is 35.9 Å². The summed E-state index contributed by atoms with van der Waals surface area (Å²) in [5.74, 6) is 4.71. The maximum Gasteiger partial charge on any atom is 0.315 e. The van der Waals surface area contributed by atoms with Gasteiger partial charge in [0.05, 0.1) is 6.04 Å². The number of rotatable bonds is 3. The zero-order valence-corrected chi connectivity index (χ0v) is 12.8. The van der Waals surface area contributed by atoms with E-state index in [1.807, 2.05) is 0 Å². The molecule has 120 valence electrons. The zero-order valence-electron chi connectivity index (χ0n) is 12.0. The average molecular weight is 325 g/mol. The molecular formula is C13H19N5O3S. The highest BCUT2D eigenvalue weighted by Crippen LogP contribution is 2.21. The van der Waals surface area contributed by atoms with Crippen LogP contribution in [0.25, 0.3) is 0 Å². The number of aliphatic imine (C=N–C) groups is 1. The van der Waals surface area contributed by atoms with Gasteiger partial charge in [-0.25, -0.2) is 16.0 Å². The number of benzene rings is 1. The molecule has 9 heteroatoms. The Bertz CT molecular complexity index is 654. The number of hydrogen-bond acceptors (Lipinski definition) is 5. The second-order valence-electron chi connectivity index (χ2n) is 5.05. The molecule has 0 heterocycles. The second kappa shape index (κ2) is 6.86. The van der Waals surface area contributed by atoms with Crippen molar-refractivity contribution in [2.75, 3.05) is 0 Å². The summed E-state index contributed by atoms with van der Waals surface area (Å²) in [4.78, 5) is 16.4. The molecule has 0 radical (unpaired) electrons. The minimum atomic E-state index is -4.21. The number of carbonyl (C=O) groups is 1. The number of nitrogens with one attached hydrogen (secondary N) is 1. The van der Waals surface area contributed by atoms with Crippen LogP contribution in [0.3, 0.4) is 0 Å². The molecule has 8 nitrogen and oxygen atoms in total. The highest BCUT2D eigenvalue weighted by Gasteiger charge is 2.23. The molecule has 0 aromatic heterocycles. The van der Waals surface area contributed by atoms with Crippen LogP contribution in [0.4, 0.5) is 0 Å². The van der Waals surface area contributed by atoms with Crippen molar-refractivity contribution < 1.29 is 13.2 Å². The fraction of sp³-hybridized carbons (Fsp3) is 0.385. The van der Waals surface area contributed by atoms with Crippen LogP contribution in [0.2, 0.25) is 0 Å². The molecule has 1 aliphatic carbocycles. The lowest BCUT2D eigenvalue weighted by Crippen LogP contribution is -2.53. The Hall–Kier alpha value is -1.97. The maximum atomic E-state index is 12.2. The molecule has 1 amide bonds. The molecule has 1 aliphatic rings. The standard InChI is InChI=1S/C13H19N5O3S/c14-18(22(15,20)21)13(16-11-8-4-5-9-11)17-12(19)10-6-2-1-3-7-10/h1-3,6-7,11H,4-5,8-9,14H2,(H2,15,20,21)(H,16,17,19). The molecule has 0 bridgehead atoms. The Kier molecular flexibility index (Phi) is 5.11. The third kappa shape index (κ3) is 4.26. The van der Waals surface area contributed by atoms with Crippen LogP contribution in [0.1, 0.15) is 36.0 Å². The molecule has 22 heavy (non-hydrogen) atoms. The van der Waals surface area contributed by atoms with Gasteiger partial charge >= 0.3 is 10.2 Å². The van der Waals surface area contributed by atoms with Crippen LogP contribution in [-0.4, -0.2) is 30.7 Å². The first-order chi connectivity index (χ1) is 10.4. The van der Waals surface area contributed by atoms with Crippen LogP contribution in [0, 0.1) is 0 Å². The molecular weight excluding hydrogens is 306 g/mol. The van der Waals surface area contributed by atoms with E-state index in [2.05, 4.69) is 10.3 Å². The molecule has 0 aliphatic heterocycles. The van der Waals surface area contributed by atoms with Crippen LogP contribution < -0.4 is 16.3 Å². The Morgan fingerprint density at radius 1 is 1.23 bits per heavy atom. The predicted molar refractivity (Wildman–Crippen MR) is 82.7 cm³/mol. The van der Waals surface area contributed by atoms with Gasteiger partial charge in [0.2, 0.25) is 5.96 Å². The smallest absolute Gasteiger partial charge is 0.290 e. The maximum absolute atomic E-state index is 12.2. The summed E-state index contributed by atoms with van der Waals surface area (Å²) in [5.41, 5.74) is 0.365. The van der Waals surface area contributed by atoms with Gasteiger partial charge < -0.3 is 0 Å². The van der Waals surface area contributed by atoms with E-state index in [4.69, 9.17) is 11.0 Å². The Morgan fingerprint density at radius 2 is 1.82 bits per heavy atom. The van der Waals surface area contributed by atoms with E-state index in [0.29, 0.717) is 9.98 Å². The van der Waals surface area contributed by atoms with Crippen molar-refractivity contribution in [1.29, 1.82) is 0 Å². The normalized spacial score (nSPS) is 16.5. The topological polar surface area (TPSA) is 131 Å². The third-order valence-corrected chi connectivity index (χ3v) is 4.10. The number of carbonyl (C=O) groups excluding carboxylic acids is 1. The number of nitrogens with zero attached hydrogens (tertiary/aromatic N) is 2. The first-order valence-corrected chi connectivity index (χ1v) is 8.40. The monoisotopic (exact) mass is 325 g/mol. The van der Waals surface area contributed by atoms with Gasteiger partial charge in [-0.15, -0.1) is 0 Å². The summed E-state index contributed by atoms with van der Waals surface area (Å²) in [6.07, 6.45) is 3.66. The van der Waals surface area contributed by atoms with Crippen molar-refractivity contribution in [2.24, 2.45) is 16.0 Å². The molecule has 0 spiro atoms. The number of guanidine groups is 1. The van der Waals surface area contributed by atoms with E-state index in [0.717, 1.165) is 25.7 Å². The van der Waals surface area contributed by atoms with Gasteiger partial charge in [0.25, 0.3) is 5.91 Å². The molecule has 0 atom stereocenters. The molecule has 0 unspecified atom stereocenters.